The van der Waals surface area contributed by atoms with Gasteiger partial charge in [0, 0.05) is 39.8 Å². The van der Waals surface area contributed by atoms with Crippen LogP contribution in [-0.2, 0) is 86.3 Å². The Bertz CT molecular complexity index is 2220. The number of amides is 6. The molecule has 0 unspecified atom stereocenters. The molecule has 1 aromatic heterocycles. The van der Waals surface area contributed by atoms with E-state index in [1.165, 1.54) is 0 Å². The summed E-state index contributed by atoms with van der Waals surface area (Å²) in [4.78, 5) is 69.8. The molecule has 0 radical (unpaired) electrons. The normalized spacial score (nSPS) is 12.5. The summed E-state index contributed by atoms with van der Waals surface area (Å²) in [6.07, 6.45) is 2.44. The van der Waals surface area contributed by atoms with Gasteiger partial charge in [-0.3, -0.25) is 14.4 Å². The molecule has 1 aromatic carbocycles. The number of thiol groups is 1. The third-order valence-electron chi connectivity index (χ3n) is 12.0. The summed E-state index contributed by atoms with van der Waals surface area (Å²) in [5.74, 6) is 0.0798. The molecule has 504 valence electrons. The van der Waals surface area contributed by atoms with E-state index in [1.807, 2.05) is 0 Å². The first kappa shape index (κ1) is 79.6. The Morgan fingerprint density at radius 2 is 1.15 bits per heavy atom. The molecule has 1 heterocycles. The van der Waals surface area contributed by atoms with Crippen LogP contribution in [0.4, 0.5) is 15.3 Å². The Morgan fingerprint density at radius 1 is 0.659 bits per heavy atom. The number of thioether (sulfide) groups is 2. The van der Waals surface area contributed by atoms with Gasteiger partial charge in [-0.2, -0.15) is 12.6 Å². The highest BCUT2D eigenvalue weighted by atomic mass is 32.2. The predicted octanol–water partition coefficient (Wildman–Crippen LogP) is 5.65. The minimum Gasteiger partial charge on any atom is -0.445 e. The lowest BCUT2D eigenvalue weighted by atomic mass is 9.92. The van der Waals surface area contributed by atoms with Crippen LogP contribution in [0.3, 0.4) is 0 Å². The highest BCUT2D eigenvalue weighted by Gasteiger charge is 2.29. The number of carbonyl (C=O) groups excluding carboxylic acids is 5. The van der Waals surface area contributed by atoms with Gasteiger partial charge in [0.05, 0.1) is 137 Å². The number of anilines is 1. The zero-order valence-corrected chi connectivity index (χ0v) is 56.3. The van der Waals surface area contributed by atoms with E-state index in [-0.39, 0.29) is 46.9 Å². The standard InChI is InChI=1S/C59H104N10O16S3/c1-45(2)52(65-51(70)41-85-67-49(42-87-57(3,4)5)43-88-58(6,7)8)54(72)64-50(12-11-18-61-55(60)73)53(71)63-47-15-13-46(14-16-47)40-84-56(74)62-38-48-39-69(68-66-48)19-21-76-23-25-78-27-29-80-31-33-82-35-37-83-36-34-81-32-30-79-28-26-77-24-22-75-20-17-59(9,10)44-86/h13-16,39,45,50,52,86H,11-12,17-38,40-44H2,1-10H3,(H,62,74)(H,63,71)(H,64,72)(H,65,70)(H3,60,61,73)/t50-,52-/m0/s1. The molecule has 29 heteroatoms. The quantitative estimate of drug-likeness (QED) is 0.0182. The summed E-state index contributed by atoms with van der Waals surface area (Å²) < 4.78 is 57.0. The number of ether oxygens (including phenoxy) is 10. The lowest BCUT2D eigenvalue weighted by Crippen LogP contribution is -2.55. The van der Waals surface area contributed by atoms with Crippen LogP contribution < -0.4 is 32.3 Å². The van der Waals surface area contributed by atoms with Gasteiger partial charge in [-0.05, 0) is 54.0 Å². The number of primary amides is 1. The second-order valence-electron chi connectivity index (χ2n) is 23.2. The molecule has 0 spiro atoms. The van der Waals surface area contributed by atoms with Crippen LogP contribution in [0.2, 0.25) is 0 Å². The molecule has 0 aliphatic carbocycles. The summed E-state index contributed by atoms with van der Waals surface area (Å²) >= 11 is 7.81. The number of rotatable bonds is 52. The largest absolute Gasteiger partial charge is 0.445 e. The summed E-state index contributed by atoms with van der Waals surface area (Å²) in [5.41, 5.74) is 7.79. The zero-order valence-electron chi connectivity index (χ0n) is 53.8. The van der Waals surface area contributed by atoms with Gasteiger partial charge in [0.1, 0.15) is 24.4 Å². The van der Waals surface area contributed by atoms with Crippen molar-refractivity contribution in [3.05, 3.63) is 41.7 Å². The minimum absolute atomic E-state index is 0.00795. The van der Waals surface area contributed by atoms with E-state index in [4.69, 9.17) is 57.9 Å². The Balaban J connectivity index is 1.58. The van der Waals surface area contributed by atoms with E-state index >= 15 is 0 Å². The average Bonchev–Trinajstić information content (AvgIpc) is 3.96. The number of nitrogens with two attached hydrogens (primary N) is 1. The Labute approximate surface area is 535 Å². The highest BCUT2D eigenvalue weighted by Crippen LogP contribution is 2.27. The van der Waals surface area contributed by atoms with Crippen molar-refractivity contribution in [3.63, 3.8) is 0 Å². The molecule has 0 fully saturated rings. The molecule has 0 aliphatic rings. The van der Waals surface area contributed by atoms with Crippen molar-refractivity contribution in [1.29, 1.82) is 0 Å². The number of benzene rings is 1. The maximum Gasteiger partial charge on any atom is 0.407 e. The number of nitrogens with one attached hydrogen (secondary N) is 5. The molecule has 0 bridgehead atoms. The molecular formula is C59H104N10O16S3. The van der Waals surface area contributed by atoms with Gasteiger partial charge in [0.2, 0.25) is 11.8 Å². The highest BCUT2D eigenvalue weighted by molar-refractivity contribution is 8.02. The fraction of sp³-hybridized carbons (Fsp3) is 0.763. The molecule has 2 aromatic rings. The molecule has 88 heavy (non-hydrogen) atoms. The third-order valence-corrected chi connectivity index (χ3v) is 15.5. The summed E-state index contributed by atoms with van der Waals surface area (Å²) in [5, 5.41) is 25.9. The van der Waals surface area contributed by atoms with Gasteiger partial charge in [-0.25, -0.2) is 14.3 Å². The van der Waals surface area contributed by atoms with E-state index in [0.717, 1.165) is 17.9 Å². The number of nitrogens with zero attached hydrogens (tertiary/aromatic N) is 4. The first-order chi connectivity index (χ1) is 41.9. The molecular weight excluding hydrogens is 1200 g/mol. The number of alkyl carbamates (subject to hydrolysis) is 1. The van der Waals surface area contributed by atoms with E-state index in [0.29, 0.717) is 160 Å². The summed E-state index contributed by atoms with van der Waals surface area (Å²) in [7, 11) is 0. The fourth-order valence-electron chi connectivity index (χ4n) is 6.93. The van der Waals surface area contributed by atoms with Crippen LogP contribution in [0.15, 0.2) is 35.6 Å². The third kappa shape index (κ3) is 44.0. The van der Waals surface area contributed by atoms with Gasteiger partial charge < -0.3 is 84.5 Å². The van der Waals surface area contributed by atoms with Crippen LogP contribution in [-0.4, -0.2) is 221 Å². The summed E-state index contributed by atoms with van der Waals surface area (Å²) in [6, 6.07) is 3.83. The Morgan fingerprint density at radius 3 is 1.61 bits per heavy atom. The van der Waals surface area contributed by atoms with Crippen molar-refractivity contribution in [3.8, 4) is 0 Å². The fourth-order valence-corrected chi connectivity index (χ4v) is 8.72. The number of hydrogen-bond acceptors (Lipinski definition) is 22. The predicted molar refractivity (Wildman–Crippen MR) is 345 cm³/mol. The number of hydrogen-bond donors (Lipinski definition) is 7. The van der Waals surface area contributed by atoms with Crippen molar-refractivity contribution in [2.24, 2.45) is 22.2 Å². The number of urea groups is 1. The molecule has 26 nitrogen and oxygen atoms in total. The maximum atomic E-state index is 13.7. The first-order valence-corrected chi connectivity index (χ1v) is 32.6. The van der Waals surface area contributed by atoms with Crippen molar-refractivity contribution < 1.29 is 76.2 Å². The number of oxime groups is 1. The van der Waals surface area contributed by atoms with Gasteiger partial charge in [0.15, 0.2) is 6.61 Å². The Hall–Kier alpha value is -4.53. The van der Waals surface area contributed by atoms with E-state index in [2.05, 4.69) is 110 Å². The van der Waals surface area contributed by atoms with Crippen molar-refractivity contribution in [2.45, 2.75) is 130 Å². The molecule has 0 saturated carbocycles. The second-order valence-corrected chi connectivity index (χ2v) is 27.1. The average molecular weight is 1310 g/mol. The topological polar surface area (TPSA) is 316 Å². The van der Waals surface area contributed by atoms with Crippen LogP contribution in [0.5, 0.6) is 0 Å². The van der Waals surface area contributed by atoms with Gasteiger partial charge in [-0.1, -0.05) is 91.7 Å². The molecule has 2 rings (SSSR count). The number of aromatic nitrogens is 3. The monoisotopic (exact) mass is 1300 g/mol. The van der Waals surface area contributed by atoms with Crippen molar-refractivity contribution in [1.82, 2.24) is 36.3 Å². The molecule has 0 saturated heterocycles. The van der Waals surface area contributed by atoms with Crippen molar-refractivity contribution in [2.75, 3.05) is 155 Å². The molecule has 6 amide bonds. The van der Waals surface area contributed by atoms with Crippen LogP contribution in [0.25, 0.3) is 0 Å². The first-order valence-electron chi connectivity index (χ1n) is 30.0. The van der Waals surface area contributed by atoms with Crippen LogP contribution >= 0.6 is 36.2 Å². The minimum atomic E-state index is -1.05. The van der Waals surface area contributed by atoms with Gasteiger partial charge in [0.25, 0.3) is 5.91 Å². The zero-order chi connectivity index (χ0) is 64.9. The second kappa shape index (κ2) is 47.4. The van der Waals surface area contributed by atoms with Crippen molar-refractivity contribution >= 4 is 77.4 Å². The van der Waals surface area contributed by atoms with E-state index in [1.54, 1.807) is 72.5 Å². The Kier molecular flexibility index (Phi) is 42.9. The van der Waals surface area contributed by atoms with E-state index in [9.17, 15) is 24.0 Å². The number of carbonyl (C=O) groups is 5. The summed E-state index contributed by atoms with van der Waals surface area (Å²) in [6.45, 7) is 29.5. The maximum absolute atomic E-state index is 13.7. The SMILES string of the molecule is CC(C)[C@H](NC(=O)CON=C(CSC(C)(C)C)CSC(C)(C)C)C(=O)N[C@@H](CCCNC(N)=O)C(=O)Nc1ccc(COC(=O)NCc2cn(CCOCCOCCOCCOCCOCCOCCOCCOCCOCCC(C)(C)CS)nn2)cc1. The van der Waals surface area contributed by atoms with Gasteiger partial charge in [-0.15, -0.1) is 28.6 Å². The molecule has 2 atom stereocenters. The van der Waals surface area contributed by atoms with Crippen LogP contribution in [0.1, 0.15) is 99.8 Å². The van der Waals surface area contributed by atoms with Gasteiger partial charge >= 0.3 is 12.1 Å². The lowest BCUT2D eigenvalue weighted by Gasteiger charge is -2.25. The van der Waals surface area contributed by atoms with E-state index < -0.39 is 48.5 Å². The lowest BCUT2D eigenvalue weighted by molar-refractivity contribution is -0.133. The van der Waals surface area contributed by atoms with Crippen LogP contribution in [0, 0.1) is 11.3 Å². The molecule has 0 aliphatic heterocycles. The smallest absolute Gasteiger partial charge is 0.407 e. The molecule has 7 N–H and O–H groups in total.